The number of anilines is 1. The van der Waals surface area contributed by atoms with E-state index in [1.54, 1.807) is 0 Å². The second-order valence-corrected chi connectivity index (χ2v) is 4.20. The molecule has 20 heavy (non-hydrogen) atoms. The summed E-state index contributed by atoms with van der Waals surface area (Å²) in [6.07, 6.45) is -4.85. The normalized spacial score (nSPS) is 16.1. The number of ether oxygens (including phenoxy) is 2. The minimum Gasteiger partial charge on any atom is -0.404 e. The van der Waals surface area contributed by atoms with E-state index in [1.165, 1.54) is 17.0 Å². The summed E-state index contributed by atoms with van der Waals surface area (Å²) in [6, 6.07) is 3.59. The lowest BCUT2D eigenvalue weighted by molar-refractivity contribution is -0.274. The Morgan fingerprint density at radius 1 is 1.30 bits per heavy atom. The molecule has 2 rings (SSSR count). The average Bonchev–Trinajstić information content (AvgIpc) is 2.40. The summed E-state index contributed by atoms with van der Waals surface area (Å²) in [5, 5.41) is 0. The van der Waals surface area contributed by atoms with Gasteiger partial charge in [0.15, 0.2) is 5.75 Å². The number of carbonyl (C=O) groups excluding carboxylic acids is 1. The van der Waals surface area contributed by atoms with Gasteiger partial charge in [-0.1, -0.05) is 0 Å². The van der Waals surface area contributed by atoms with Crippen molar-refractivity contribution in [3.8, 4) is 5.75 Å². The van der Waals surface area contributed by atoms with Crippen LogP contribution in [0.1, 0.15) is 10.4 Å². The second kappa shape index (κ2) is 5.58. The van der Waals surface area contributed by atoms with Crippen LogP contribution in [0.25, 0.3) is 0 Å². The molecule has 1 aliphatic rings. The molecule has 1 aromatic carbocycles. The lowest BCUT2D eigenvalue weighted by atomic mass is 10.1. The van der Waals surface area contributed by atoms with Crippen molar-refractivity contribution >= 4 is 11.6 Å². The van der Waals surface area contributed by atoms with Gasteiger partial charge in [0.2, 0.25) is 0 Å². The average molecular weight is 290 g/mol. The number of nitrogens with two attached hydrogens (primary N) is 1. The van der Waals surface area contributed by atoms with Crippen molar-refractivity contribution in [1.29, 1.82) is 0 Å². The van der Waals surface area contributed by atoms with Crippen molar-refractivity contribution in [2.45, 2.75) is 6.36 Å². The molecule has 1 heterocycles. The van der Waals surface area contributed by atoms with Crippen molar-refractivity contribution in [1.82, 2.24) is 4.90 Å². The van der Waals surface area contributed by atoms with E-state index in [-0.39, 0.29) is 17.2 Å². The maximum atomic E-state index is 12.2. The number of nitrogen functional groups attached to an aromatic ring is 1. The molecule has 0 bridgehead atoms. The highest BCUT2D eigenvalue weighted by Gasteiger charge is 2.32. The molecule has 0 unspecified atom stereocenters. The monoisotopic (exact) mass is 290 g/mol. The van der Waals surface area contributed by atoms with Crippen LogP contribution in [0.4, 0.5) is 18.9 Å². The number of alkyl halides is 3. The van der Waals surface area contributed by atoms with E-state index in [9.17, 15) is 18.0 Å². The number of nitrogens with zero attached hydrogens (tertiary/aromatic N) is 1. The highest BCUT2D eigenvalue weighted by molar-refractivity contribution is 5.95. The number of hydrogen-bond donors (Lipinski definition) is 1. The van der Waals surface area contributed by atoms with Gasteiger partial charge in [-0.25, -0.2) is 0 Å². The molecule has 1 fully saturated rings. The minimum atomic E-state index is -4.85. The molecule has 0 atom stereocenters. The van der Waals surface area contributed by atoms with Crippen molar-refractivity contribution < 1.29 is 27.4 Å². The largest absolute Gasteiger partial charge is 0.573 e. The van der Waals surface area contributed by atoms with Gasteiger partial charge in [0.1, 0.15) is 0 Å². The first-order chi connectivity index (χ1) is 9.37. The van der Waals surface area contributed by atoms with Gasteiger partial charge in [0.05, 0.1) is 18.9 Å². The van der Waals surface area contributed by atoms with Gasteiger partial charge in [0.25, 0.3) is 5.91 Å². The fourth-order valence-corrected chi connectivity index (χ4v) is 1.83. The van der Waals surface area contributed by atoms with Gasteiger partial charge in [-0.05, 0) is 18.2 Å². The molecular formula is C12H13F3N2O3. The maximum Gasteiger partial charge on any atom is 0.573 e. The van der Waals surface area contributed by atoms with E-state index in [2.05, 4.69) is 4.74 Å². The quantitative estimate of drug-likeness (QED) is 0.841. The zero-order valence-corrected chi connectivity index (χ0v) is 10.4. The Kier molecular flexibility index (Phi) is 4.03. The molecule has 0 saturated carbocycles. The molecule has 5 nitrogen and oxygen atoms in total. The van der Waals surface area contributed by atoms with Gasteiger partial charge in [0, 0.05) is 18.7 Å². The number of halogens is 3. The van der Waals surface area contributed by atoms with E-state index in [0.717, 1.165) is 6.07 Å². The van der Waals surface area contributed by atoms with E-state index < -0.39 is 12.1 Å². The van der Waals surface area contributed by atoms with Crippen LogP contribution in [0.2, 0.25) is 0 Å². The van der Waals surface area contributed by atoms with Gasteiger partial charge in [-0.15, -0.1) is 13.2 Å². The number of benzene rings is 1. The van der Waals surface area contributed by atoms with Crippen LogP contribution in [-0.4, -0.2) is 43.5 Å². The van der Waals surface area contributed by atoms with Crippen molar-refractivity contribution in [2.75, 3.05) is 32.0 Å². The fraction of sp³-hybridized carbons (Fsp3) is 0.417. The third-order valence-corrected chi connectivity index (χ3v) is 2.78. The summed E-state index contributed by atoms with van der Waals surface area (Å²) in [5.74, 6) is -0.947. The summed E-state index contributed by atoms with van der Waals surface area (Å²) in [7, 11) is 0. The summed E-state index contributed by atoms with van der Waals surface area (Å²) < 4.78 is 45.6. The molecule has 0 aliphatic carbocycles. The number of carbonyl (C=O) groups is 1. The second-order valence-electron chi connectivity index (χ2n) is 4.20. The number of morpholine rings is 1. The number of hydrogen-bond acceptors (Lipinski definition) is 4. The molecule has 0 radical (unpaired) electrons. The van der Waals surface area contributed by atoms with Gasteiger partial charge in [-0.3, -0.25) is 4.79 Å². The summed E-state index contributed by atoms with van der Waals surface area (Å²) in [4.78, 5) is 13.6. The topological polar surface area (TPSA) is 64.8 Å². The Balaban J connectivity index is 2.19. The summed E-state index contributed by atoms with van der Waals surface area (Å²) in [5.41, 5.74) is 5.32. The highest BCUT2D eigenvalue weighted by Crippen LogP contribution is 2.29. The van der Waals surface area contributed by atoms with Gasteiger partial charge in [-0.2, -0.15) is 0 Å². The smallest absolute Gasteiger partial charge is 0.404 e. The Morgan fingerprint density at radius 2 is 1.95 bits per heavy atom. The van der Waals surface area contributed by atoms with Crippen LogP contribution in [0.3, 0.4) is 0 Å². The van der Waals surface area contributed by atoms with Gasteiger partial charge < -0.3 is 20.1 Å². The van der Waals surface area contributed by atoms with Gasteiger partial charge >= 0.3 is 6.36 Å². The van der Waals surface area contributed by atoms with E-state index >= 15 is 0 Å². The van der Waals surface area contributed by atoms with Crippen LogP contribution >= 0.6 is 0 Å². The summed E-state index contributed by atoms with van der Waals surface area (Å²) in [6.45, 7) is 1.62. The third kappa shape index (κ3) is 3.53. The lowest BCUT2D eigenvalue weighted by Gasteiger charge is -2.27. The van der Waals surface area contributed by atoms with Crippen molar-refractivity contribution in [3.63, 3.8) is 0 Å². The first-order valence-corrected chi connectivity index (χ1v) is 5.89. The van der Waals surface area contributed by atoms with E-state index in [0.29, 0.717) is 26.3 Å². The van der Waals surface area contributed by atoms with Crippen LogP contribution in [0.5, 0.6) is 5.75 Å². The van der Waals surface area contributed by atoms with Crippen LogP contribution in [0, 0.1) is 0 Å². The molecule has 1 saturated heterocycles. The van der Waals surface area contributed by atoms with Crippen molar-refractivity contribution in [2.24, 2.45) is 0 Å². The van der Waals surface area contributed by atoms with E-state index in [4.69, 9.17) is 10.5 Å². The molecule has 8 heteroatoms. The number of amides is 1. The first-order valence-electron chi connectivity index (χ1n) is 5.89. The Bertz CT molecular complexity index is 499. The zero-order chi connectivity index (χ0) is 14.8. The number of rotatable bonds is 2. The molecule has 1 amide bonds. The van der Waals surface area contributed by atoms with Crippen molar-refractivity contribution in [3.05, 3.63) is 23.8 Å². The fourth-order valence-electron chi connectivity index (χ4n) is 1.83. The maximum absolute atomic E-state index is 12.2. The Morgan fingerprint density at radius 3 is 2.55 bits per heavy atom. The first kappa shape index (κ1) is 14.4. The molecule has 0 aromatic heterocycles. The third-order valence-electron chi connectivity index (χ3n) is 2.78. The molecule has 0 spiro atoms. The minimum absolute atomic E-state index is 0.0975. The standard InChI is InChI=1S/C12H13F3N2O3/c13-12(14,15)20-10-7-8(1-2-9(10)16)11(18)17-3-5-19-6-4-17/h1-2,7H,3-6,16H2. The highest BCUT2D eigenvalue weighted by atomic mass is 19.4. The molecule has 2 N–H and O–H groups in total. The van der Waals surface area contributed by atoms with Crippen LogP contribution in [0.15, 0.2) is 18.2 Å². The molecule has 110 valence electrons. The van der Waals surface area contributed by atoms with Crippen LogP contribution in [-0.2, 0) is 4.74 Å². The van der Waals surface area contributed by atoms with E-state index in [1.807, 2.05) is 0 Å². The predicted octanol–water partition coefficient (Wildman–Crippen LogP) is 1.64. The van der Waals surface area contributed by atoms with Crippen LogP contribution < -0.4 is 10.5 Å². The summed E-state index contributed by atoms with van der Waals surface area (Å²) >= 11 is 0. The Labute approximate surface area is 113 Å². The lowest BCUT2D eigenvalue weighted by Crippen LogP contribution is -2.40. The SMILES string of the molecule is Nc1ccc(C(=O)N2CCOCC2)cc1OC(F)(F)F. The molecular weight excluding hydrogens is 277 g/mol. The molecule has 1 aliphatic heterocycles. The Hall–Kier alpha value is -1.96. The molecule has 1 aromatic rings. The zero-order valence-electron chi connectivity index (χ0n) is 10.4. The predicted molar refractivity (Wildman–Crippen MR) is 64.3 cm³/mol.